The average molecular weight is 445 g/mol. The van der Waals surface area contributed by atoms with Crippen LogP contribution in [0.5, 0.6) is 0 Å². The molecule has 1 aliphatic heterocycles. The van der Waals surface area contributed by atoms with Crippen LogP contribution in [0.1, 0.15) is 24.1 Å². The summed E-state index contributed by atoms with van der Waals surface area (Å²) in [6, 6.07) is 17.1. The molecule has 0 spiro atoms. The lowest BCUT2D eigenvalue weighted by Gasteiger charge is -2.38. The average Bonchev–Trinajstić information content (AvgIpc) is 2.75. The molecule has 1 aliphatic rings. The van der Waals surface area contributed by atoms with Gasteiger partial charge in [0, 0.05) is 32.7 Å². The van der Waals surface area contributed by atoms with Crippen molar-refractivity contribution in [1.29, 1.82) is 0 Å². The lowest BCUT2D eigenvalue weighted by molar-refractivity contribution is -0.126. The molecule has 3 amide bonds. The summed E-state index contributed by atoms with van der Waals surface area (Å²) in [5, 5.41) is 4.95. The maximum atomic E-state index is 12.9. The molecule has 1 unspecified atom stereocenters. The monoisotopic (exact) mass is 444 g/mol. The molecule has 1 heterocycles. The van der Waals surface area contributed by atoms with Gasteiger partial charge >= 0.3 is 6.03 Å². The summed E-state index contributed by atoms with van der Waals surface area (Å²) in [6.45, 7) is 3.52. The molecule has 9 heteroatoms. The molecule has 166 valence electrons. The molecule has 2 N–H and O–H groups in total. The zero-order valence-electron chi connectivity index (χ0n) is 17.5. The summed E-state index contributed by atoms with van der Waals surface area (Å²) in [5.74, 6) is -0.481. The van der Waals surface area contributed by atoms with Crippen molar-refractivity contribution in [2.45, 2.75) is 18.7 Å². The van der Waals surface area contributed by atoms with Gasteiger partial charge in [-0.1, -0.05) is 60.7 Å². The zero-order chi connectivity index (χ0) is 22.3. The van der Waals surface area contributed by atoms with E-state index < -0.39 is 28.0 Å². The van der Waals surface area contributed by atoms with Gasteiger partial charge in [0.1, 0.15) is 6.04 Å². The molecule has 0 radical (unpaired) electrons. The highest BCUT2D eigenvalue weighted by Crippen LogP contribution is 2.24. The summed E-state index contributed by atoms with van der Waals surface area (Å²) in [5.41, 5.74) is 1.50. The van der Waals surface area contributed by atoms with Crippen LogP contribution in [0.3, 0.4) is 0 Å². The Hall–Kier alpha value is -2.75. The molecule has 0 aliphatic carbocycles. The second-order valence-electron chi connectivity index (χ2n) is 7.34. The van der Waals surface area contributed by atoms with Crippen LogP contribution in [-0.2, 0) is 20.6 Å². The number of nitrogens with one attached hydrogen (secondary N) is 2. The van der Waals surface area contributed by atoms with Gasteiger partial charge in [0.25, 0.3) is 0 Å². The number of hydrogen-bond donors (Lipinski definition) is 2. The lowest BCUT2D eigenvalue weighted by atomic mass is 10.0. The Kier molecular flexibility index (Phi) is 7.78. The first kappa shape index (κ1) is 22.9. The number of carbonyl (C=O) groups excluding carboxylic acids is 2. The highest BCUT2D eigenvalue weighted by Gasteiger charge is 2.34. The highest BCUT2D eigenvalue weighted by molar-refractivity contribution is 7.88. The molecule has 0 bridgehead atoms. The quantitative estimate of drug-likeness (QED) is 0.678. The summed E-state index contributed by atoms with van der Waals surface area (Å²) < 4.78 is 27.1. The summed E-state index contributed by atoms with van der Waals surface area (Å²) in [4.78, 5) is 26.7. The van der Waals surface area contributed by atoms with Crippen LogP contribution < -0.4 is 10.6 Å². The molecule has 0 aromatic heterocycles. The summed E-state index contributed by atoms with van der Waals surface area (Å²) >= 11 is 0. The van der Waals surface area contributed by atoms with E-state index in [1.165, 1.54) is 4.31 Å². The van der Waals surface area contributed by atoms with Gasteiger partial charge in [-0.2, -0.15) is 4.31 Å². The van der Waals surface area contributed by atoms with E-state index >= 15 is 0 Å². The lowest BCUT2D eigenvalue weighted by Crippen LogP contribution is -2.53. The molecule has 2 aromatic carbocycles. The minimum absolute atomic E-state index is 0.0480. The highest BCUT2D eigenvalue weighted by atomic mass is 32.2. The van der Waals surface area contributed by atoms with Crippen molar-refractivity contribution in [2.24, 2.45) is 0 Å². The number of piperazine rings is 1. The Morgan fingerprint density at radius 1 is 0.935 bits per heavy atom. The van der Waals surface area contributed by atoms with Crippen LogP contribution in [0, 0.1) is 0 Å². The third-order valence-electron chi connectivity index (χ3n) is 5.16. The van der Waals surface area contributed by atoms with E-state index in [9.17, 15) is 18.0 Å². The second kappa shape index (κ2) is 10.5. The first-order chi connectivity index (χ1) is 14.9. The number of rotatable bonds is 7. The van der Waals surface area contributed by atoms with Gasteiger partial charge in [0.15, 0.2) is 0 Å². The van der Waals surface area contributed by atoms with Crippen LogP contribution in [0.15, 0.2) is 60.7 Å². The number of benzene rings is 2. The molecular formula is C22H28N4O4S. The second-order valence-corrected chi connectivity index (χ2v) is 9.31. The van der Waals surface area contributed by atoms with Crippen molar-refractivity contribution in [3.8, 4) is 0 Å². The Morgan fingerprint density at radius 3 is 2.10 bits per heavy atom. The van der Waals surface area contributed by atoms with Crippen LogP contribution in [0.2, 0.25) is 0 Å². The maximum absolute atomic E-state index is 12.9. The van der Waals surface area contributed by atoms with Gasteiger partial charge in [-0.15, -0.1) is 0 Å². The van der Waals surface area contributed by atoms with Gasteiger partial charge in [0.2, 0.25) is 15.9 Å². The Morgan fingerprint density at radius 2 is 1.52 bits per heavy atom. The van der Waals surface area contributed by atoms with E-state index in [1.807, 2.05) is 53.4 Å². The number of urea groups is 1. The fraction of sp³-hybridized carbons (Fsp3) is 0.364. The van der Waals surface area contributed by atoms with E-state index in [2.05, 4.69) is 10.6 Å². The van der Waals surface area contributed by atoms with E-state index in [4.69, 9.17) is 0 Å². The fourth-order valence-electron chi connectivity index (χ4n) is 3.66. The third kappa shape index (κ3) is 6.13. The predicted octanol–water partition coefficient (Wildman–Crippen LogP) is 1.72. The number of carbonyl (C=O) groups is 2. The molecular weight excluding hydrogens is 416 g/mol. The van der Waals surface area contributed by atoms with Crippen molar-refractivity contribution in [1.82, 2.24) is 19.8 Å². The standard InChI is InChI=1S/C22H28N4O4S/c1-2-23-22(28)24-21(27)20(19-11-7-4-8-12-19)25-13-15-26(16-14-25)31(29,30)17-18-9-5-3-6-10-18/h3-12,20H,2,13-17H2,1H3,(H2,23,24,27,28). The zero-order valence-corrected chi connectivity index (χ0v) is 18.3. The number of imide groups is 1. The number of hydrogen-bond acceptors (Lipinski definition) is 5. The SMILES string of the molecule is CCNC(=O)NC(=O)C(c1ccccc1)N1CCN(S(=O)(=O)Cc2ccccc2)CC1. The molecule has 0 saturated carbocycles. The first-order valence-corrected chi connectivity index (χ1v) is 11.9. The molecule has 1 fully saturated rings. The molecule has 1 atom stereocenters. The predicted molar refractivity (Wildman–Crippen MR) is 119 cm³/mol. The number of nitrogens with zero attached hydrogens (tertiary/aromatic N) is 2. The Labute approximate surface area is 183 Å². The van der Waals surface area contributed by atoms with E-state index in [-0.39, 0.29) is 18.8 Å². The van der Waals surface area contributed by atoms with Gasteiger partial charge in [-0.25, -0.2) is 13.2 Å². The van der Waals surface area contributed by atoms with Gasteiger partial charge < -0.3 is 5.32 Å². The van der Waals surface area contributed by atoms with Crippen molar-refractivity contribution in [3.63, 3.8) is 0 Å². The van der Waals surface area contributed by atoms with Crippen molar-refractivity contribution in [3.05, 3.63) is 71.8 Å². The normalized spacial score (nSPS) is 16.4. The van der Waals surface area contributed by atoms with Gasteiger partial charge in [-0.3, -0.25) is 15.0 Å². The van der Waals surface area contributed by atoms with Crippen LogP contribution >= 0.6 is 0 Å². The van der Waals surface area contributed by atoms with Crippen molar-refractivity contribution < 1.29 is 18.0 Å². The Balaban J connectivity index is 1.70. The van der Waals surface area contributed by atoms with Crippen LogP contribution in [-0.4, -0.2) is 62.3 Å². The topological polar surface area (TPSA) is 98.8 Å². The molecule has 1 saturated heterocycles. The van der Waals surface area contributed by atoms with Crippen molar-refractivity contribution >= 4 is 22.0 Å². The first-order valence-electron chi connectivity index (χ1n) is 10.3. The number of sulfonamides is 1. The molecule has 8 nitrogen and oxygen atoms in total. The largest absolute Gasteiger partial charge is 0.338 e. The molecule has 3 rings (SSSR count). The smallest absolute Gasteiger partial charge is 0.321 e. The van der Waals surface area contributed by atoms with Gasteiger partial charge in [0.05, 0.1) is 5.75 Å². The van der Waals surface area contributed by atoms with E-state index in [0.717, 1.165) is 11.1 Å². The molecule has 2 aromatic rings. The van der Waals surface area contributed by atoms with E-state index in [1.54, 1.807) is 19.1 Å². The minimum Gasteiger partial charge on any atom is -0.338 e. The summed E-state index contributed by atoms with van der Waals surface area (Å²) in [7, 11) is -3.45. The van der Waals surface area contributed by atoms with Crippen LogP contribution in [0.4, 0.5) is 4.79 Å². The maximum Gasteiger partial charge on any atom is 0.321 e. The van der Waals surface area contributed by atoms with Crippen molar-refractivity contribution in [2.75, 3.05) is 32.7 Å². The fourth-order valence-corrected chi connectivity index (χ4v) is 5.18. The Bertz CT molecular complexity index is 975. The van der Waals surface area contributed by atoms with E-state index in [0.29, 0.717) is 19.6 Å². The van der Waals surface area contributed by atoms with Gasteiger partial charge in [-0.05, 0) is 18.1 Å². The summed E-state index contributed by atoms with van der Waals surface area (Å²) in [6.07, 6.45) is 0. The minimum atomic E-state index is -3.45. The van der Waals surface area contributed by atoms with Crippen LogP contribution in [0.25, 0.3) is 0 Å². The number of amides is 3. The molecule has 31 heavy (non-hydrogen) atoms. The third-order valence-corrected chi connectivity index (χ3v) is 7.01.